The molecule has 1 aromatic carbocycles. The average Bonchev–Trinajstić information content (AvgIpc) is 2.20. The molecule has 1 aromatic rings. The molecule has 0 fully saturated rings. The second-order valence-electron chi connectivity index (χ2n) is 4.39. The minimum atomic E-state index is -0.220. The second kappa shape index (κ2) is 6.39. The Kier molecular flexibility index (Phi) is 5.44. The van der Waals surface area contributed by atoms with Crippen LogP contribution in [-0.4, -0.2) is 18.4 Å². The van der Waals surface area contributed by atoms with Gasteiger partial charge >= 0.3 is 0 Å². The number of ketones is 1. The maximum Gasteiger partial charge on any atom is 0.138 e. The molecule has 0 aliphatic rings. The second-order valence-corrected chi connectivity index (χ2v) is 5.24. The number of hydrogen-bond acceptors (Lipinski definition) is 2. The van der Waals surface area contributed by atoms with Gasteiger partial charge in [-0.1, -0.05) is 43.1 Å². The molecule has 0 bridgehead atoms. The van der Waals surface area contributed by atoms with Gasteiger partial charge in [0.15, 0.2) is 0 Å². The van der Waals surface area contributed by atoms with E-state index < -0.39 is 0 Å². The summed E-state index contributed by atoms with van der Waals surface area (Å²) in [6.45, 7) is 6.26. The minimum absolute atomic E-state index is 0.0994. The van der Waals surface area contributed by atoms with Gasteiger partial charge in [-0.25, -0.2) is 0 Å². The number of hydrogen-bond donors (Lipinski definition) is 1. The van der Waals surface area contributed by atoms with Gasteiger partial charge in [-0.05, 0) is 24.6 Å². The van der Waals surface area contributed by atoms with E-state index in [0.29, 0.717) is 22.6 Å². The van der Waals surface area contributed by atoms with E-state index in [2.05, 4.69) is 5.32 Å². The average molecular weight is 274 g/mol. The van der Waals surface area contributed by atoms with Crippen molar-refractivity contribution in [1.29, 1.82) is 0 Å². The zero-order chi connectivity index (χ0) is 13.0. The number of Topliss-reactive ketones (excluding diaryl/α,β-unsaturated/α-hetero) is 1. The van der Waals surface area contributed by atoms with Crippen molar-refractivity contribution in [3.05, 3.63) is 33.8 Å². The van der Waals surface area contributed by atoms with Gasteiger partial charge in [-0.15, -0.1) is 0 Å². The van der Waals surface area contributed by atoms with Gasteiger partial charge in [0.25, 0.3) is 0 Å². The van der Waals surface area contributed by atoms with Crippen LogP contribution in [0, 0.1) is 0 Å². The summed E-state index contributed by atoms with van der Waals surface area (Å²) in [5, 5.41) is 4.38. The van der Waals surface area contributed by atoms with E-state index in [1.165, 1.54) is 0 Å². The molecule has 1 rings (SSSR count). The quantitative estimate of drug-likeness (QED) is 0.887. The van der Waals surface area contributed by atoms with Gasteiger partial charge in [0.1, 0.15) is 5.78 Å². The van der Waals surface area contributed by atoms with E-state index in [0.717, 1.165) is 5.56 Å². The maximum atomic E-state index is 11.7. The van der Waals surface area contributed by atoms with Crippen LogP contribution in [0.25, 0.3) is 0 Å². The van der Waals surface area contributed by atoms with Crippen LogP contribution in [0.3, 0.4) is 0 Å². The largest absolute Gasteiger partial charge is 0.313 e. The molecule has 94 valence electrons. The molecule has 0 aliphatic carbocycles. The molecule has 0 amide bonds. The Bertz CT molecular complexity index is 404. The summed E-state index contributed by atoms with van der Waals surface area (Å²) in [4.78, 5) is 11.7. The van der Waals surface area contributed by atoms with Crippen LogP contribution in [0.5, 0.6) is 0 Å². The predicted molar refractivity (Wildman–Crippen MR) is 73.0 cm³/mol. The number of carbonyl (C=O) groups excluding carboxylic acids is 1. The molecule has 0 spiro atoms. The van der Waals surface area contributed by atoms with Crippen LogP contribution < -0.4 is 5.32 Å². The lowest BCUT2D eigenvalue weighted by molar-refractivity contribution is -0.118. The van der Waals surface area contributed by atoms with Crippen molar-refractivity contribution in [1.82, 2.24) is 5.32 Å². The fraction of sp³-hybridized carbons (Fsp3) is 0.462. The van der Waals surface area contributed by atoms with E-state index in [1.54, 1.807) is 19.1 Å². The number of nitrogens with one attached hydrogen (secondary N) is 1. The molecule has 0 radical (unpaired) electrons. The fourth-order valence-corrected chi connectivity index (χ4v) is 2.15. The molecule has 1 unspecified atom stereocenters. The highest BCUT2D eigenvalue weighted by Crippen LogP contribution is 2.28. The molecule has 0 aliphatic heterocycles. The third-order valence-electron chi connectivity index (χ3n) is 2.56. The fourth-order valence-electron chi connectivity index (χ4n) is 1.61. The molecule has 2 nitrogen and oxygen atoms in total. The van der Waals surface area contributed by atoms with Crippen molar-refractivity contribution >= 4 is 29.0 Å². The molecule has 1 N–H and O–H groups in total. The normalized spacial score (nSPS) is 12.8. The number of carbonyl (C=O) groups is 1. The lowest BCUT2D eigenvalue weighted by Crippen LogP contribution is -2.30. The Labute approximate surface area is 112 Å². The van der Waals surface area contributed by atoms with E-state index in [4.69, 9.17) is 23.2 Å². The van der Waals surface area contributed by atoms with E-state index in [1.807, 2.05) is 19.9 Å². The molecule has 0 saturated heterocycles. The third kappa shape index (κ3) is 4.30. The summed E-state index contributed by atoms with van der Waals surface area (Å²) in [5.74, 6) is -0.121. The van der Waals surface area contributed by atoms with Crippen LogP contribution >= 0.6 is 23.2 Å². The lowest BCUT2D eigenvalue weighted by atomic mass is 9.95. The summed E-state index contributed by atoms with van der Waals surface area (Å²) in [6, 6.07) is 5.58. The molecule has 1 atom stereocenters. The van der Waals surface area contributed by atoms with Gasteiger partial charge in [-0.3, -0.25) is 4.79 Å². The maximum absolute atomic E-state index is 11.7. The van der Waals surface area contributed by atoms with Gasteiger partial charge in [0, 0.05) is 22.6 Å². The molecule has 0 saturated carbocycles. The Hall–Kier alpha value is -0.570. The predicted octanol–water partition coefficient (Wildman–Crippen LogP) is 3.66. The molecule has 0 heterocycles. The van der Waals surface area contributed by atoms with Crippen LogP contribution in [0.1, 0.15) is 32.3 Å². The highest BCUT2D eigenvalue weighted by molar-refractivity contribution is 6.35. The lowest BCUT2D eigenvalue weighted by Gasteiger charge is -2.18. The van der Waals surface area contributed by atoms with Crippen LogP contribution in [-0.2, 0) is 4.79 Å². The highest BCUT2D eigenvalue weighted by atomic mass is 35.5. The highest BCUT2D eigenvalue weighted by Gasteiger charge is 2.19. The van der Waals surface area contributed by atoms with Crippen molar-refractivity contribution in [2.45, 2.75) is 32.7 Å². The van der Waals surface area contributed by atoms with Gasteiger partial charge < -0.3 is 5.32 Å². The van der Waals surface area contributed by atoms with Crippen LogP contribution in [0.2, 0.25) is 10.0 Å². The summed E-state index contributed by atoms with van der Waals surface area (Å²) in [5.41, 5.74) is 0.830. The summed E-state index contributed by atoms with van der Waals surface area (Å²) in [6.07, 6.45) is 0. The van der Waals surface area contributed by atoms with E-state index in [9.17, 15) is 4.79 Å². The molecule has 4 heteroatoms. The third-order valence-corrected chi connectivity index (χ3v) is 3.12. The number of benzene rings is 1. The zero-order valence-corrected chi connectivity index (χ0v) is 11.8. The Morgan fingerprint density at radius 3 is 2.47 bits per heavy atom. The smallest absolute Gasteiger partial charge is 0.138 e. The SMILES string of the molecule is CC(=O)C(CNC(C)C)c1ccc(Cl)cc1Cl. The van der Waals surface area contributed by atoms with E-state index >= 15 is 0 Å². The van der Waals surface area contributed by atoms with Crippen LogP contribution in [0.15, 0.2) is 18.2 Å². The van der Waals surface area contributed by atoms with Crippen LogP contribution in [0.4, 0.5) is 0 Å². The monoisotopic (exact) mass is 273 g/mol. The van der Waals surface area contributed by atoms with Crippen molar-refractivity contribution in [2.24, 2.45) is 0 Å². The van der Waals surface area contributed by atoms with Crippen molar-refractivity contribution < 1.29 is 4.79 Å². The molecular formula is C13H17Cl2NO. The summed E-state index contributed by atoms with van der Waals surface area (Å²) in [7, 11) is 0. The van der Waals surface area contributed by atoms with Gasteiger partial charge in [0.05, 0.1) is 5.92 Å². The van der Waals surface area contributed by atoms with E-state index in [-0.39, 0.29) is 11.7 Å². The van der Waals surface area contributed by atoms with Gasteiger partial charge in [0.2, 0.25) is 0 Å². The standard InChI is InChI=1S/C13H17Cl2NO/c1-8(2)16-7-12(9(3)17)11-5-4-10(14)6-13(11)15/h4-6,8,12,16H,7H2,1-3H3. The first-order valence-electron chi connectivity index (χ1n) is 5.60. The Morgan fingerprint density at radius 1 is 1.35 bits per heavy atom. The minimum Gasteiger partial charge on any atom is -0.313 e. The summed E-state index contributed by atoms with van der Waals surface area (Å²) >= 11 is 12.0. The Morgan fingerprint density at radius 2 is 2.00 bits per heavy atom. The number of rotatable bonds is 5. The Balaban J connectivity index is 2.93. The zero-order valence-electron chi connectivity index (χ0n) is 10.3. The van der Waals surface area contributed by atoms with Crippen molar-refractivity contribution in [2.75, 3.05) is 6.54 Å². The topological polar surface area (TPSA) is 29.1 Å². The van der Waals surface area contributed by atoms with Gasteiger partial charge in [-0.2, -0.15) is 0 Å². The first kappa shape index (κ1) is 14.5. The first-order valence-corrected chi connectivity index (χ1v) is 6.36. The molecule has 0 aromatic heterocycles. The number of halogens is 2. The molecular weight excluding hydrogens is 257 g/mol. The summed E-state index contributed by atoms with van der Waals surface area (Å²) < 4.78 is 0. The molecule has 17 heavy (non-hydrogen) atoms. The van der Waals surface area contributed by atoms with Crippen molar-refractivity contribution in [3.8, 4) is 0 Å². The van der Waals surface area contributed by atoms with Crippen molar-refractivity contribution in [3.63, 3.8) is 0 Å². The first-order chi connectivity index (χ1) is 7.91.